The van der Waals surface area contributed by atoms with E-state index in [0.717, 1.165) is 44.9 Å². The van der Waals surface area contributed by atoms with Crippen LogP contribution in [-0.4, -0.2) is 45.2 Å². The second kappa shape index (κ2) is 20.8. The Bertz CT molecular complexity index is 465. The molecule has 32 heavy (non-hydrogen) atoms. The predicted octanol–water partition coefficient (Wildman–Crippen LogP) is 6.05. The summed E-state index contributed by atoms with van der Waals surface area (Å²) in [7, 11) is 0. The summed E-state index contributed by atoms with van der Waals surface area (Å²) in [6.07, 6.45) is 18.6. The van der Waals surface area contributed by atoms with Crippen LogP contribution in [0.2, 0.25) is 0 Å². The molecule has 0 radical (unpaired) electrons. The van der Waals surface area contributed by atoms with Crippen molar-refractivity contribution in [3.63, 3.8) is 0 Å². The molecule has 0 aliphatic carbocycles. The van der Waals surface area contributed by atoms with Gasteiger partial charge >= 0.3 is 0 Å². The molecule has 0 aromatic heterocycles. The lowest BCUT2D eigenvalue weighted by molar-refractivity contribution is -0.165. The molecule has 0 aromatic carbocycles. The first kappa shape index (κ1) is 31.2. The molecule has 0 aliphatic rings. The minimum Gasteiger partial charge on any atom is -0.393 e. The standard InChI is InChI=1S/C27H52O5/c1-3-5-7-9-10-11-12-13-14-15-16-18-20-22-25(30)27(32,23-28)26(31)24(29)21-19-17-8-6-4-2/h26,28,31-32H,3-23H2,1-2H3. The summed E-state index contributed by atoms with van der Waals surface area (Å²) >= 11 is 0. The zero-order valence-corrected chi connectivity index (χ0v) is 21.1. The van der Waals surface area contributed by atoms with Crippen molar-refractivity contribution in [2.24, 2.45) is 0 Å². The molecule has 2 unspecified atom stereocenters. The van der Waals surface area contributed by atoms with Crippen molar-refractivity contribution < 1.29 is 24.9 Å². The van der Waals surface area contributed by atoms with Crippen molar-refractivity contribution in [3.8, 4) is 0 Å². The van der Waals surface area contributed by atoms with E-state index in [1.165, 1.54) is 57.8 Å². The fourth-order valence-corrected chi connectivity index (χ4v) is 4.15. The van der Waals surface area contributed by atoms with Gasteiger partial charge in [0.05, 0.1) is 6.61 Å². The molecule has 0 bridgehead atoms. The molecule has 0 saturated heterocycles. The van der Waals surface area contributed by atoms with Gasteiger partial charge in [-0.1, -0.05) is 117 Å². The van der Waals surface area contributed by atoms with E-state index >= 15 is 0 Å². The monoisotopic (exact) mass is 456 g/mol. The first-order valence-electron chi connectivity index (χ1n) is 13.5. The number of hydrogen-bond acceptors (Lipinski definition) is 5. The molecule has 0 aliphatic heterocycles. The molecule has 0 spiro atoms. The number of aliphatic hydroxyl groups excluding tert-OH is 2. The zero-order chi connectivity index (χ0) is 24.1. The molecule has 0 fully saturated rings. The molecule has 2 atom stereocenters. The maximum Gasteiger partial charge on any atom is 0.178 e. The number of carbonyl (C=O) groups excluding carboxylic acids is 2. The van der Waals surface area contributed by atoms with Crippen LogP contribution in [0.4, 0.5) is 0 Å². The summed E-state index contributed by atoms with van der Waals surface area (Å²) in [5, 5.41) is 30.3. The summed E-state index contributed by atoms with van der Waals surface area (Å²) in [6.45, 7) is 3.43. The number of Topliss-reactive ketones (excluding diaryl/α,β-unsaturated/α-hetero) is 2. The van der Waals surface area contributed by atoms with Gasteiger partial charge in [-0.3, -0.25) is 9.59 Å². The first-order valence-corrected chi connectivity index (χ1v) is 13.5. The Balaban J connectivity index is 3.94. The van der Waals surface area contributed by atoms with Crippen molar-refractivity contribution in [1.82, 2.24) is 0 Å². The maximum absolute atomic E-state index is 12.4. The number of ketones is 2. The van der Waals surface area contributed by atoms with Gasteiger partial charge in [0.25, 0.3) is 0 Å². The molecule has 5 nitrogen and oxygen atoms in total. The summed E-state index contributed by atoms with van der Waals surface area (Å²) in [5.41, 5.74) is -2.36. The van der Waals surface area contributed by atoms with E-state index < -0.39 is 29.9 Å². The molecule has 0 aromatic rings. The average Bonchev–Trinajstić information content (AvgIpc) is 2.80. The van der Waals surface area contributed by atoms with Crippen LogP contribution in [0.5, 0.6) is 0 Å². The largest absolute Gasteiger partial charge is 0.393 e. The van der Waals surface area contributed by atoms with Crippen LogP contribution in [0, 0.1) is 0 Å². The number of carbonyl (C=O) groups is 2. The molecule has 0 saturated carbocycles. The Morgan fingerprint density at radius 2 is 0.969 bits per heavy atom. The van der Waals surface area contributed by atoms with Crippen LogP contribution >= 0.6 is 0 Å². The van der Waals surface area contributed by atoms with Crippen molar-refractivity contribution in [3.05, 3.63) is 0 Å². The SMILES string of the molecule is CCCCCCCCCCCCCCCC(=O)C(O)(CO)C(O)C(=O)CCCCCCC. The topological polar surface area (TPSA) is 94.8 Å². The Kier molecular flexibility index (Phi) is 20.3. The second-order valence-corrected chi connectivity index (χ2v) is 9.53. The van der Waals surface area contributed by atoms with Gasteiger partial charge in [0, 0.05) is 12.8 Å². The average molecular weight is 457 g/mol. The summed E-state index contributed by atoms with van der Waals surface area (Å²) in [4.78, 5) is 24.6. The van der Waals surface area contributed by atoms with Crippen molar-refractivity contribution >= 4 is 11.6 Å². The number of unbranched alkanes of at least 4 members (excludes halogenated alkanes) is 16. The van der Waals surface area contributed by atoms with Gasteiger partial charge in [-0.2, -0.15) is 0 Å². The van der Waals surface area contributed by atoms with Crippen molar-refractivity contribution in [2.75, 3.05) is 6.61 Å². The minimum atomic E-state index is -2.36. The molecular weight excluding hydrogens is 404 g/mol. The van der Waals surface area contributed by atoms with Crippen LogP contribution in [0.3, 0.4) is 0 Å². The van der Waals surface area contributed by atoms with E-state index in [4.69, 9.17) is 0 Å². The summed E-state index contributed by atoms with van der Waals surface area (Å²) in [5.74, 6) is -1.19. The Labute approximate surface area is 197 Å². The highest BCUT2D eigenvalue weighted by molar-refractivity contribution is 5.96. The fraction of sp³-hybridized carbons (Fsp3) is 0.926. The number of aliphatic hydroxyl groups is 3. The highest BCUT2D eigenvalue weighted by Gasteiger charge is 2.45. The van der Waals surface area contributed by atoms with Gasteiger partial charge in [0.2, 0.25) is 0 Å². The molecule has 0 rings (SSSR count). The van der Waals surface area contributed by atoms with E-state index in [0.29, 0.717) is 12.8 Å². The van der Waals surface area contributed by atoms with Crippen LogP contribution < -0.4 is 0 Å². The Morgan fingerprint density at radius 3 is 1.34 bits per heavy atom. The van der Waals surface area contributed by atoms with E-state index in [2.05, 4.69) is 13.8 Å². The summed E-state index contributed by atoms with van der Waals surface area (Å²) < 4.78 is 0. The molecule has 0 amide bonds. The number of rotatable bonds is 24. The normalized spacial score (nSPS) is 14.3. The second-order valence-electron chi connectivity index (χ2n) is 9.53. The summed E-state index contributed by atoms with van der Waals surface area (Å²) in [6, 6.07) is 0. The third-order valence-corrected chi connectivity index (χ3v) is 6.52. The maximum atomic E-state index is 12.4. The van der Waals surface area contributed by atoms with E-state index in [-0.39, 0.29) is 12.8 Å². The van der Waals surface area contributed by atoms with Crippen LogP contribution in [0.25, 0.3) is 0 Å². The molecule has 190 valence electrons. The predicted molar refractivity (Wildman–Crippen MR) is 132 cm³/mol. The lowest BCUT2D eigenvalue weighted by Crippen LogP contribution is -2.55. The van der Waals surface area contributed by atoms with E-state index in [1.807, 2.05) is 0 Å². The zero-order valence-electron chi connectivity index (χ0n) is 21.1. The highest BCUT2D eigenvalue weighted by Crippen LogP contribution is 2.20. The van der Waals surface area contributed by atoms with Gasteiger partial charge in [-0.05, 0) is 12.8 Å². The minimum absolute atomic E-state index is 0.0790. The van der Waals surface area contributed by atoms with Gasteiger partial charge < -0.3 is 15.3 Å². The lowest BCUT2D eigenvalue weighted by atomic mass is 9.85. The molecule has 3 N–H and O–H groups in total. The van der Waals surface area contributed by atoms with Crippen molar-refractivity contribution in [2.45, 2.75) is 154 Å². The highest BCUT2D eigenvalue weighted by atomic mass is 16.4. The molecule has 0 heterocycles. The van der Waals surface area contributed by atoms with E-state index in [9.17, 15) is 24.9 Å². The van der Waals surface area contributed by atoms with Gasteiger partial charge in [-0.15, -0.1) is 0 Å². The molecular formula is C27H52O5. The van der Waals surface area contributed by atoms with Crippen molar-refractivity contribution in [1.29, 1.82) is 0 Å². The van der Waals surface area contributed by atoms with E-state index in [1.54, 1.807) is 0 Å². The molecule has 5 heteroatoms. The van der Waals surface area contributed by atoms with Crippen LogP contribution in [-0.2, 0) is 9.59 Å². The quantitative estimate of drug-likeness (QED) is 0.154. The number of hydrogen-bond donors (Lipinski definition) is 3. The van der Waals surface area contributed by atoms with Gasteiger partial charge in [-0.25, -0.2) is 0 Å². The van der Waals surface area contributed by atoms with Crippen LogP contribution in [0.1, 0.15) is 142 Å². The smallest absolute Gasteiger partial charge is 0.178 e. The van der Waals surface area contributed by atoms with Gasteiger partial charge in [0.1, 0.15) is 0 Å². The van der Waals surface area contributed by atoms with Crippen LogP contribution in [0.15, 0.2) is 0 Å². The fourth-order valence-electron chi connectivity index (χ4n) is 4.15. The van der Waals surface area contributed by atoms with Gasteiger partial charge in [0.15, 0.2) is 23.3 Å². The Hall–Kier alpha value is -0.780. The Morgan fingerprint density at radius 1 is 0.625 bits per heavy atom. The first-order chi connectivity index (χ1) is 15.4. The third kappa shape index (κ3) is 14.4. The lowest BCUT2D eigenvalue weighted by Gasteiger charge is -2.29. The third-order valence-electron chi connectivity index (χ3n) is 6.52.